The van der Waals surface area contributed by atoms with Crippen LogP contribution in [0.1, 0.15) is 5.56 Å². The first-order chi connectivity index (χ1) is 5.88. The molecule has 0 spiro atoms. The van der Waals surface area contributed by atoms with Gasteiger partial charge >= 0.3 is 0 Å². The minimum atomic E-state index is -0.252. The van der Waals surface area contributed by atoms with E-state index in [0.717, 1.165) is 0 Å². The van der Waals surface area contributed by atoms with Crippen molar-refractivity contribution >= 4 is 11.6 Å². The second kappa shape index (κ2) is 5.01. The van der Waals surface area contributed by atoms with Crippen molar-refractivity contribution in [3.63, 3.8) is 0 Å². The van der Waals surface area contributed by atoms with Crippen molar-refractivity contribution in [3.05, 3.63) is 29.8 Å². The van der Waals surface area contributed by atoms with Crippen molar-refractivity contribution in [3.8, 4) is 5.75 Å². The van der Waals surface area contributed by atoms with Crippen LogP contribution in [0, 0.1) is 0 Å². The van der Waals surface area contributed by atoms with Crippen molar-refractivity contribution in [2.24, 2.45) is 0 Å². The van der Waals surface area contributed by atoms with E-state index in [4.69, 9.17) is 16.3 Å². The summed E-state index contributed by atoms with van der Waals surface area (Å²) >= 11 is 5.44. The molecule has 0 unspecified atom stereocenters. The first-order valence-corrected chi connectivity index (χ1v) is 4.26. The number of alkyl halides is 1. The van der Waals surface area contributed by atoms with Gasteiger partial charge in [0.15, 0.2) is 0 Å². The molecule has 1 aromatic carbocycles. The van der Waals surface area contributed by atoms with E-state index in [1.165, 1.54) is 0 Å². The van der Waals surface area contributed by atoms with Gasteiger partial charge in [-0.15, -0.1) is 11.6 Å². The second-order valence-electron chi connectivity index (χ2n) is 2.29. The summed E-state index contributed by atoms with van der Waals surface area (Å²) in [6.45, 7) is 0.191. The zero-order valence-corrected chi connectivity index (χ0v) is 7.38. The standard InChI is InChI=1S/C9H10ClO2/c10-5-6-12-9-4-2-1-3-8(9)7-11/h1-4H,5-7H2. The molecule has 1 rings (SSSR count). The molecule has 0 aromatic heterocycles. The lowest BCUT2D eigenvalue weighted by molar-refractivity contribution is 0.173. The predicted octanol–water partition coefficient (Wildman–Crippen LogP) is 2.23. The minimum absolute atomic E-state index is 0.252. The van der Waals surface area contributed by atoms with Gasteiger partial charge in [0, 0.05) is 5.56 Å². The molecule has 1 aromatic rings. The van der Waals surface area contributed by atoms with E-state index >= 15 is 0 Å². The number of halogens is 1. The normalized spacial score (nSPS) is 9.83. The Bertz CT molecular complexity index is 238. The molecule has 1 radical (unpaired) electrons. The lowest BCUT2D eigenvalue weighted by Gasteiger charge is -2.06. The molecule has 0 aliphatic heterocycles. The highest BCUT2D eigenvalue weighted by Crippen LogP contribution is 2.17. The molecule has 0 atom stereocenters. The summed E-state index contributed by atoms with van der Waals surface area (Å²) in [5.74, 6) is 1.08. The van der Waals surface area contributed by atoms with E-state index in [0.29, 0.717) is 23.8 Å². The van der Waals surface area contributed by atoms with Gasteiger partial charge in [-0.1, -0.05) is 18.2 Å². The van der Waals surface area contributed by atoms with Crippen LogP contribution in [0.25, 0.3) is 0 Å². The highest BCUT2D eigenvalue weighted by molar-refractivity contribution is 6.18. The van der Waals surface area contributed by atoms with Gasteiger partial charge in [0.25, 0.3) is 0 Å². The third-order valence-corrected chi connectivity index (χ3v) is 1.62. The molecule has 2 nitrogen and oxygen atoms in total. The Hall–Kier alpha value is -0.730. The molecule has 0 saturated heterocycles. The number of hydrogen-bond acceptors (Lipinski definition) is 1. The van der Waals surface area contributed by atoms with Crippen LogP contribution in [0.4, 0.5) is 0 Å². The minimum Gasteiger partial charge on any atom is -0.492 e. The van der Waals surface area contributed by atoms with Gasteiger partial charge in [-0.05, 0) is 6.07 Å². The van der Waals surface area contributed by atoms with E-state index in [9.17, 15) is 5.11 Å². The Kier molecular flexibility index (Phi) is 3.91. The van der Waals surface area contributed by atoms with E-state index < -0.39 is 0 Å². The van der Waals surface area contributed by atoms with Crippen LogP contribution in [-0.4, -0.2) is 12.5 Å². The molecule has 0 heterocycles. The SMILES string of the molecule is [O]Cc1ccccc1OCCCl. The highest BCUT2D eigenvalue weighted by Gasteiger charge is 2.00. The van der Waals surface area contributed by atoms with Crippen molar-refractivity contribution in [1.29, 1.82) is 0 Å². The molecule has 0 bridgehead atoms. The first kappa shape index (κ1) is 9.36. The van der Waals surface area contributed by atoms with E-state index in [-0.39, 0.29) is 6.61 Å². The third-order valence-electron chi connectivity index (χ3n) is 1.46. The molecular formula is C9H10ClO2. The maximum absolute atomic E-state index is 10.6. The summed E-state index contributed by atoms with van der Waals surface area (Å²) < 4.78 is 5.25. The number of hydrogen-bond donors (Lipinski definition) is 0. The third kappa shape index (κ3) is 2.40. The second-order valence-corrected chi connectivity index (χ2v) is 2.67. The number of ether oxygens (including phenoxy) is 1. The Morgan fingerprint density at radius 1 is 1.33 bits per heavy atom. The average molecular weight is 186 g/mol. The van der Waals surface area contributed by atoms with Gasteiger partial charge in [0.2, 0.25) is 0 Å². The molecule has 3 heteroatoms. The van der Waals surface area contributed by atoms with Crippen LogP contribution in [0.3, 0.4) is 0 Å². The molecular weight excluding hydrogens is 176 g/mol. The lowest BCUT2D eigenvalue weighted by Crippen LogP contribution is -2.00. The van der Waals surface area contributed by atoms with Crippen LogP contribution < -0.4 is 4.74 Å². The Morgan fingerprint density at radius 2 is 2.08 bits per heavy atom. The molecule has 0 N–H and O–H groups in total. The zero-order chi connectivity index (χ0) is 8.81. The van der Waals surface area contributed by atoms with Crippen LogP contribution >= 0.6 is 11.6 Å². The molecule has 0 aliphatic rings. The average Bonchev–Trinajstić information content (AvgIpc) is 2.15. The van der Waals surface area contributed by atoms with Crippen molar-refractivity contribution in [2.45, 2.75) is 6.61 Å². The van der Waals surface area contributed by atoms with E-state index in [1.807, 2.05) is 12.1 Å². The number of para-hydroxylation sites is 1. The van der Waals surface area contributed by atoms with Crippen LogP contribution in [-0.2, 0) is 11.7 Å². The van der Waals surface area contributed by atoms with Crippen LogP contribution in [0.2, 0.25) is 0 Å². The van der Waals surface area contributed by atoms with Crippen LogP contribution in [0.5, 0.6) is 5.75 Å². The van der Waals surface area contributed by atoms with Crippen molar-refractivity contribution in [1.82, 2.24) is 0 Å². The van der Waals surface area contributed by atoms with Gasteiger partial charge in [-0.25, -0.2) is 5.11 Å². The number of benzene rings is 1. The topological polar surface area (TPSA) is 29.1 Å². The summed E-state index contributed by atoms with van der Waals surface area (Å²) in [5.41, 5.74) is 0.683. The largest absolute Gasteiger partial charge is 0.492 e. The van der Waals surface area contributed by atoms with Gasteiger partial charge < -0.3 is 4.74 Å². The fourth-order valence-electron chi connectivity index (χ4n) is 0.912. The van der Waals surface area contributed by atoms with Gasteiger partial charge in [0.05, 0.1) is 5.88 Å². The Labute approximate surface area is 76.7 Å². The Morgan fingerprint density at radius 3 is 2.75 bits per heavy atom. The summed E-state index contributed by atoms with van der Waals surface area (Å²) in [5, 5.41) is 10.6. The van der Waals surface area contributed by atoms with Gasteiger partial charge in [-0.3, -0.25) is 0 Å². The van der Waals surface area contributed by atoms with E-state index in [2.05, 4.69) is 0 Å². The fourth-order valence-corrected chi connectivity index (χ4v) is 0.990. The lowest BCUT2D eigenvalue weighted by atomic mass is 10.2. The maximum atomic E-state index is 10.6. The summed E-state index contributed by atoms with van der Waals surface area (Å²) in [6.07, 6.45) is 0. The molecule has 0 aliphatic carbocycles. The summed E-state index contributed by atoms with van der Waals surface area (Å²) in [7, 11) is 0. The smallest absolute Gasteiger partial charge is 0.124 e. The molecule has 0 fully saturated rings. The predicted molar refractivity (Wildman–Crippen MR) is 47.0 cm³/mol. The van der Waals surface area contributed by atoms with Gasteiger partial charge in [0.1, 0.15) is 19.0 Å². The molecule has 65 valence electrons. The monoisotopic (exact) mass is 185 g/mol. The fraction of sp³-hybridized carbons (Fsp3) is 0.333. The summed E-state index contributed by atoms with van der Waals surface area (Å²) in [6, 6.07) is 7.19. The quantitative estimate of drug-likeness (QED) is 0.662. The van der Waals surface area contributed by atoms with Crippen molar-refractivity contribution < 1.29 is 9.84 Å². The number of rotatable bonds is 4. The highest BCUT2D eigenvalue weighted by atomic mass is 35.5. The zero-order valence-electron chi connectivity index (χ0n) is 6.63. The molecule has 12 heavy (non-hydrogen) atoms. The van der Waals surface area contributed by atoms with Crippen LogP contribution in [0.15, 0.2) is 24.3 Å². The molecule has 0 saturated carbocycles. The van der Waals surface area contributed by atoms with Gasteiger partial charge in [-0.2, -0.15) is 0 Å². The maximum Gasteiger partial charge on any atom is 0.124 e. The molecule has 0 amide bonds. The van der Waals surface area contributed by atoms with E-state index in [1.54, 1.807) is 12.1 Å². The first-order valence-electron chi connectivity index (χ1n) is 3.73. The Balaban J connectivity index is 2.68. The van der Waals surface area contributed by atoms with Crippen molar-refractivity contribution in [2.75, 3.05) is 12.5 Å². The summed E-state index contributed by atoms with van der Waals surface area (Å²) in [4.78, 5) is 0.